The van der Waals surface area contributed by atoms with Crippen LogP contribution in [0.15, 0.2) is 22.7 Å². The number of nitrogens with zero attached hydrogens (tertiary/aromatic N) is 2. The molecule has 20 heavy (non-hydrogen) atoms. The number of aryl methyl sites for hydroxylation is 1. The third kappa shape index (κ3) is 2.55. The van der Waals surface area contributed by atoms with E-state index in [1.54, 1.807) is 6.92 Å². The molecule has 2 N–H and O–H groups in total. The highest BCUT2D eigenvalue weighted by atomic mass is 16.5. The Balaban J connectivity index is 1.74. The van der Waals surface area contributed by atoms with E-state index in [-0.39, 0.29) is 12.5 Å². The van der Waals surface area contributed by atoms with Gasteiger partial charge in [0.25, 0.3) is 5.91 Å². The first-order chi connectivity index (χ1) is 9.74. The molecular formula is C14H16N4O2. The van der Waals surface area contributed by atoms with Gasteiger partial charge in [-0.2, -0.15) is 4.98 Å². The molecule has 6 heteroatoms. The van der Waals surface area contributed by atoms with Crippen LogP contribution in [0.25, 0.3) is 0 Å². The minimum absolute atomic E-state index is 0.0915. The average molecular weight is 272 g/mol. The summed E-state index contributed by atoms with van der Waals surface area (Å²) in [5.74, 6) is 0.894. The molecule has 0 bridgehead atoms. The summed E-state index contributed by atoms with van der Waals surface area (Å²) in [4.78, 5) is 16.3. The molecule has 0 saturated heterocycles. The molecule has 0 unspecified atom stereocenters. The first-order valence-electron chi connectivity index (χ1n) is 6.63. The molecule has 0 fully saturated rings. The number of nitrogens with one attached hydrogen (secondary N) is 2. The molecule has 0 spiro atoms. The lowest BCUT2D eigenvalue weighted by Crippen LogP contribution is -2.29. The van der Waals surface area contributed by atoms with E-state index in [9.17, 15) is 4.79 Å². The van der Waals surface area contributed by atoms with Gasteiger partial charge in [0.1, 0.15) is 0 Å². The Morgan fingerprint density at radius 1 is 1.50 bits per heavy atom. The van der Waals surface area contributed by atoms with E-state index in [0.717, 1.165) is 30.6 Å². The number of carbonyl (C=O) groups excluding carboxylic acids is 1. The molecule has 1 aliphatic rings. The number of amides is 1. The SMILES string of the molecule is Cc1nc(CNC(=O)c2cccc3c2CCNC3)no1. The Morgan fingerprint density at radius 2 is 2.40 bits per heavy atom. The Labute approximate surface area is 116 Å². The van der Waals surface area contributed by atoms with E-state index >= 15 is 0 Å². The lowest BCUT2D eigenvalue weighted by Gasteiger charge is -2.19. The van der Waals surface area contributed by atoms with Gasteiger partial charge in [0.2, 0.25) is 5.89 Å². The van der Waals surface area contributed by atoms with Crippen LogP contribution >= 0.6 is 0 Å². The number of hydrogen-bond donors (Lipinski definition) is 2. The van der Waals surface area contributed by atoms with E-state index in [1.165, 1.54) is 5.56 Å². The van der Waals surface area contributed by atoms with Crippen LogP contribution < -0.4 is 10.6 Å². The van der Waals surface area contributed by atoms with Gasteiger partial charge in [0.05, 0.1) is 6.54 Å². The maximum Gasteiger partial charge on any atom is 0.251 e. The molecular weight excluding hydrogens is 256 g/mol. The lowest BCUT2D eigenvalue weighted by atomic mass is 9.95. The molecule has 1 aliphatic heterocycles. The van der Waals surface area contributed by atoms with Gasteiger partial charge in [-0.1, -0.05) is 17.3 Å². The summed E-state index contributed by atoms with van der Waals surface area (Å²) < 4.78 is 4.87. The van der Waals surface area contributed by atoms with Crippen molar-refractivity contribution in [1.82, 2.24) is 20.8 Å². The zero-order valence-electron chi connectivity index (χ0n) is 11.3. The second kappa shape index (κ2) is 5.42. The highest BCUT2D eigenvalue weighted by Crippen LogP contribution is 2.18. The van der Waals surface area contributed by atoms with Gasteiger partial charge < -0.3 is 15.2 Å². The zero-order valence-corrected chi connectivity index (χ0v) is 11.3. The van der Waals surface area contributed by atoms with Gasteiger partial charge >= 0.3 is 0 Å². The molecule has 1 aromatic heterocycles. The van der Waals surface area contributed by atoms with Gasteiger partial charge in [-0.25, -0.2) is 0 Å². The van der Waals surface area contributed by atoms with Gasteiger partial charge in [0.15, 0.2) is 5.82 Å². The smallest absolute Gasteiger partial charge is 0.251 e. The summed E-state index contributed by atoms with van der Waals surface area (Å²) in [5.41, 5.74) is 3.07. The summed E-state index contributed by atoms with van der Waals surface area (Å²) in [6, 6.07) is 5.83. The van der Waals surface area contributed by atoms with Crippen molar-refractivity contribution in [2.24, 2.45) is 0 Å². The quantitative estimate of drug-likeness (QED) is 0.869. The highest BCUT2D eigenvalue weighted by Gasteiger charge is 2.17. The molecule has 104 valence electrons. The van der Waals surface area contributed by atoms with Gasteiger partial charge in [-0.15, -0.1) is 0 Å². The summed E-state index contributed by atoms with van der Waals surface area (Å²) in [6.45, 7) is 3.72. The summed E-state index contributed by atoms with van der Waals surface area (Å²) in [7, 11) is 0. The van der Waals surface area contributed by atoms with Gasteiger partial charge in [-0.05, 0) is 30.2 Å². The molecule has 0 saturated carbocycles. The largest absolute Gasteiger partial charge is 0.345 e. The Morgan fingerprint density at radius 3 is 3.20 bits per heavy atom. The number of hydrogen-bond acceptors (Lipinski definition) is 5. The molecule has 2 aromatic rings. The Hall–Kier alpha value is -2.21. The predicted molar refractivity (Wildman–Crippen MR) is 72.1 cm³/mol. The molecule has 0 radical (unpaired) electrons. The predicted octanol–water partition coefficient (Wildman–Crippen LogP) is 0.954. The first kappa shape index (κ1) is 12.8. The van der Waals surface area contributed by atoms with Crippen LogP contribution in [0.4, 0.5) is 0 Å². The van der Waals surface area contributed by atoms with Crippen molar-refractivity contribution in [2.75, 3.05) is 6.54 Å². The van der Waals surface area contributed by atoms with E-state index in [1.807, 2.05) is 12.1 Å². The van der Waals surface area contributed by atoms with E-state index in [2.05, 4.69) is 26.8 Å². The second-order valence-electron chi connectivity index (χ2n) is 4.78. The van der Waals surface area contributed by atoms with Crippen LogP contribution in [0, 0.1) is 6.92 Å². The van der Waals surface area contributed by atoms with Gasteiger partial charge in [0, 0.05) is 19.0 Å². The molecule has 0 aliphatic carbocycles. The van der Waals surface area contributed by atoms with Crippen molar-refractivity contribution < 1.29 is 9.32 Å². The molecule has 0 atom stereocenters. The standard InChI is InChI=1S/C14H16N4O2/c1-9-17-13(18-20-9)8-16-14(19)12-4-2-3-10-7-15-6-5-11(10)12/h2-4,15H,5-8H2,1H3,(H,16,19). The Kier molecular flexibility index (Phi) is 3.47. The molecule has 3 rings (SSSR count). The van der Waals surface area contributed by atoms with Crippen LogP contribution in [0.2, 0.25) is 0 Å². The maximum absolute atomic E-state index is 12.3. The number of rotatable bonds is 3. The van der Waals surface area contributed by atoms with E-state index < -0.39 is 0 Å². The molecule has 1 aromatic carbocycles. The third-order valence-electron chi connectivity index (χ3n) is 3.36. The number of fused-ring (bicyclic) bond motifs is 1. The maximum atomic E-state index is 12.3. The first-order valence-corrected chi connectivity index (χ1v) is 6.63. The fourth-order valence-electron chi connectivity index (χ4n) is 2.41. The highest BCUT2D eigenvalue weighted by molar-refractivity contribution is 5.96. The minimum atomic E-state index is -0.0915. The van der Waals surface area contributed by atoms with Crippen molar-refractivity contribution in [3.8, 4) is 0 Å². The normalized spacial score (nSPS) is 13.8. The van der Waals surface area contributed by atoms with Gasteiger partial charge in [-0.3, -0.25) is 4.79 Å². The topological polar surface area (TPSA) is 80.0 Å². The van der Waals surface area contributed by atoms with Crippen LogP contribution in [0.3, 0.4) is 0 Å². The molecule has 6 nitrogen and oxygen atoms in total. The van der Waals surface area contributed by atoms with Crippen LogP contribution in [0.1, 0.15) is 33.2 Å². The summed E-state index contributed by atoms with van der Waals surface area (Å²) in [5, 5.41) is 9.90. The fraction of sp³-hybridized carbons (Fsp3) is 0.357. The monoisotopic (exact) mass is 272 g/mol. The van der Waals surface area contributed by atoms with Crippen molar-refractivity contribution in [1.29, 1.82) is 0 Å². The lowest BCUT2D eigenvalue weighted by molar-refractivity contribution is 0.0948. The summed E-state index contributed by atoms with van der Waals surface area (Å²) in [6.07, 6.45) is 0.875. The molecule has 1 amide bonds. The number of carbonyl (C=O) groups is 1. The zero-order chi connectivity index (χ0) is 13.9. The number of aromatic nitrogens is 2. The number of benzene rings is 1. The van der Waals surface area contributed by atoms with E-state index in [4.69, 9.17) is 4.52 Å². The third-order valence-corrected chi connectivity index (χ3v) is 3.36. The minimum Gasteiger partial charge on any atom is -0.345 e. The second-order valence-corrected chi connectivity index (χ2v) is 4.78. The van der Waals surface area contributed by atoms with Crippen molar-refractivity contribution in [3.63, 3.8) is 0 Å². The van der Waals surface area contributed by atoms with Crippen molar-refractivity contribution >= 4 is 5.91 Å². The van der Waals surface area contributed by atoms with Crippen molar-refractivity contribution in [3.05, 3.63) is 46.6 Å². The fourth-order valence-corrected chi connectivity index (χ4v) is 2.41. The van der Waals surface area contributed by atoms with Crippen LogP contribution in [-0.4, -0.2) is 22.6 Å². The van der Waals surface area contributed by atoms with Crippen LogP contribution in [0.5, 0.6) is 0 Å². The van der Waals surface area contributed by atoms with Crippen molar-refractivity contribution in [2.45, 2.75) is 26.4 Å². The van der Waals surface area contributed by atoms with E-state index in [0.29, 0.717) is 11.7 Å². The molecule has 2 heterocycles. The Bertz CT molecular complexity index is 636. The summed E-state index contributed by atoms with van der Waals surface area (Å²) >= 11 is 0. The van der Waals surface area contributed by atoms with Crippen LogP contribution in [-0.2, 0) is 19.5 Å². The average Bonchev–Trinajstić information content (AvgIpc) is 2.90.